The molecule has 1 aliphatic heterocycles. The molecule has 0 saturated heterocycles. The average molecular weight is 380 g/mol. The molecule has 0 N–H and O–H groups in total. The Labute approximate surface area is 162 Å². The van der Waals surface area contributed by atoms with Gasteiger partial charge < -0.3 is 9.64 Å². The largest absolute Gasteiger partial charge is 0.469 e. The first-order valence-corrected chi connectivity index (χ1v) is 8.85. The predicted molar refractivity (Wildman–Crippen MR) is 100 cm³/mol. The highest BCUT2D eigenvalue weighted by Crippen LogP contribution is 2.22. The summed E-state index contributed by atoms with van der Waals surface area (Å²) in [5.74, 6) is -1.82. The molecule has 0 atom stereocenters. The molecule has 144 valence electrons. The molecule has 0 saturated carbocycles. The van der Waals surface area contributed by atoms with Gasteiger partial charge in [0.05, 0.1) is 24.7 Å². The van der Waals surface area contributed by atoms with Crippen LogP contribution in [0.2, 0.25) is 0 Å². The second-order valence-electron chi connectivity index (χ2n) is 6.37. The summed E-state index contributed by atoms with van der Waals surface area (Å²) >= 11 is 0. The van der Waals surface area contributed by atoms with Crippen molar-refractivity contribution in [2.24, 2.45) is 0 Å². The van der Waals surface area contributed by atoms with Crippen LogP contribution in [0.3, 0.4) is 0 Å². The van der Waals surface area contributed by atoms with Crippen LogP contribution in [0.4, 0.5) is 0 Å². The summed E-state index contributed by atoms with van der Waals surface area (Å²) in [6.45, 7) is 0.0176. The third-order valence-electron chi connectivity index (χ3n) is 4.55. The van der Waals surface area contributed by atoms with Crippen LogP contribution in [0.25, 0.3) is 0 Å². The Kier molecular flexibility index (Phi) is 5.84. The minimum absolute atomic E-state index is 0.0250. The van der Waals surface area contributed by atoms with Crippen LogP contribution < -0.4 is 0 Å². The van der Waals surface area contributed by atoms with E-state index in [0.29, 0.717) is 11.1 Å². The van der Waals surface area contributed by atoms with Gasteiger partial charge in [0, 0.05) is 13.1 Å². The number of carbonyl (C=O) groups is 4. The highest BCUT2D eigenvalue weighted by atomic mass is 16.5. The smallest absolute Gasteiger partial charge is 0.307 e. The third kappa shape index (κ3) is 4.09. The van der Waals surface area contributed by atoms with Gasteiger partial charge in [0.2, 0.25) is 5.91 Å². The molecule has 0 aromatic heterocycles. The summed E-state index contributed by atoms with van der Waals surface area (Å²) in [4.78, 5) is 51.8. The molecule has 7 heteroatoms. The van der Waals surface area contributed by atoms with Gasteiger partial charge in [-0.15, -0.1) is 0 Å². The minimum Gasteiger partial charge on any atom is -0.469 e. The van der Waals surface area contributed by atoms with Gasteiger partial charge in [-0.2, -0.15) is 0 Å². The van der Waals surface area contributed by atoms with Gasteiger partial charge in [-0.1, -0.05) is 42.5 Å². The van der Waals surface area contributed by atoms with Crippen molar-refractivity contribution in [2.45, 2.75) is 13.0 Å². The lowest BCUT2D eigenvalue weighted by atomic mass is 10.1. The SMILES string of the molecule is COC(=O)CCN(Cc1ccccc1)C(=O)CN1C(=O)c2ccccc2C1=O. The number of esters is 1. The highest BCUT2D eigenvalue weighted by molar-refractivity contribution is 6.22. The third-order valence-corrected chi connectivity index (χ3v) is 4.55. The minimum atomic E-state index is -0.485. The van der Waals surface area contributed by atoms with Gasteiger partial charge in [0.1, 0.15) is 6.54 Å². The molecule has 0 unspecified atom stereocenters. The Bertz CT molecular complexity index is 875. The van der Waals surface area contributed by atoms with E-state index in [1.165, 1.54) is 12.0 Å². The van der Waals surface area contributed by atoms with Crippen molar-refractivity contribution in [3.63, 3.8) is 0 Å². The maximum absolute atomic E-state index is 12.9. The van der Waals surface area contributed by atoms with Gasteiger partial charge >= 0.3 is 5.97 Å². The first-order chi connectivity index (χ1) is 13.5. The molecule has 1 heterocycles. The van der Waals surface area contributed by atoms with E-state index < -0.39 is 23.7 Å². The monoisotopic (exact) mass is 380 g/mol. The molecule has 0 radical (unpaired) electrons. The van der Waals surface area contributed by atoms with Crippen molar-refractivity contribution in [1.82, 2.24) is 9.80 Å². The summed E-state index contributed by atoms with van der Waals surface area (Å²) in [5, 5.41) is 0. The zero-order chi connectivity index (χ0) is 20.1. The van der Waals surface area contributed by atoms with E-state index in [1.54, 1.807) is 24.3 Å². The van der Waals surface area contributed by atoms with Crippen molar-refractivity contribution in [3.8, 4) is 0 Å². The zero-order valence-electron chi connectivity index (χ0n) is 15.5. The lowest BCUT2D eigenvalue weighted by molar-refractivity contribution is -0.142. The lowest BCUT2D eigenvalue weighted by Crippen LogP contribution is -2.43. The number of carbonyl (C=O) groups excluding carboxylic acids is 4. The standard InChI is InChI=1S/C21H20N2O5/c1-28-19(25)11-12-22(13-15-7-3-2-4-8-15)18(24)14-23-20(26)16-9-5-6-10-17(16)21(23)27/h2-10H,11-14H2,1H3. The van der Waals surface area contributed by atoms with Gasteiger partial charge in [-0.05, 0) is 17.7 Å². The second-order valence-corrected chi connectivity index (χ2v) is 6.37. The molecule has 0 aliphatic carbocycles. The lowest BCUT2D eigenvalue weighted by Gasteiger charge is -2.24. The molecule has 0 fully saturated rings. The fourth-order valence-corrected chi connectivity index (χ4v) is 3.04. The summed E-state index contributed by atoms with van der Waals surface area (Å²) < 4.78 is 4.64. The van der Waals surface area contributed by atoms with Crippen molar-refractivity contribution in [2.75, 3.05) is 20.2 Å². The van der Waals surface area contributed by atoms with Gasteiger partial charge in [-0.25, -0.2) is 0 Å². The van der Waals surface area contributed by atoms with Gasteiger partial charge in [0.25, 0.3) is 11.8 Å². The summed E-state index contributed by atoms with van der Waals surface area (Å²) in [6, 6.07) is 15.8. The topological polar surface area (TPSA) is 84.0 Å². The quantitative estimate of drug-likeness (QED) is 0.541. The van der Waals surface area contributed by atoms with E-state index in [0.717, 1.165) is 10.5 Å². The van der Waals surface area contributed by atoms with Crippen molar-refractivity contribution in [1.29, 1.82) is 0 Å². The average Bonchev–Trinajstić information content (AvgIpc) is 2.96. The molecule has 28 heavy (non-hydrogen) atoms. The van der Waals surface area contributed by atoms with Crippen LogP contribution in [-0.2, 0) is 20.9 Å². The van der Waals surface area contributed by atoms with Gasteiger partial charge in [0.15, 0.2) is 0 Å². The van der Waals surface area contributed by atoms with Crippen LogP contribution in [0.5, 0.6) is 0 Å². The van der Waals surface area contributed by atoms with Crippen LogP contribution in [0, 0.1) is 0 Å². The Balaban J connectivity index is 1.74. The number of hydrogen-bond donors (Lipinski definition) is 0. The number of hydrogen-bond acceptors (Lipinski definition) is 5. The van der Waals surface area contributed by atoms with Crippen LogP contribution in [0.15, 0.2) is 54.6 Å². The fraction of sp³-hybridized carbons (Fsp3) is 0.238. The molecular formula is C21H20N2O5. The molecule has 3 amide bonds. The fourth-order valence-electron chi connectivity index (χ4n) is 3.04. The van der Waals surface area contributed by atoms with E-state index in [4.69, 9.17) is 0 Å². The number of nitrogens with zero attached hydrogens (tertiary/aromatic N) is 2. The summed E-state index contributed by atoms with van der Waals surface area (Å²) in [6.07, 6.45) is 0.0250. The number of ether oxygens (including phenoxy) is 1. The van der Waals surface area contributed by atoms with E-state index in [1.807, 2.05) is 30.3 Å². The first kappa shape index (κ1) is 19.3. The van der Waals surface area contributed by atoms with Crippen LogP contribution in [0.1, 0.15) is 32.7 Å². The van der Waals surface area contributed by atoms with E-state index in [2.05, 4.69) is 4.74 Å². The highest BCUT2D eigenvalue weighted by Gasteiger charge is 2.37. The Morgan fingerprint density at radius 1 is 0.929 bits per heavy atom. The number of rotatable bonds is 7. The van der Waals surface area contributed by atoms with Gasteiger partial charge in [-0.3, -0.25) is 24.1 Å². The Morgan fingerprint density at radius 2 is 1.50 bits per heavy atom. The normalized spacial score (nSPS) is 12.7. The number of benzene rings is 2. The molecule has 1 aliphatic rings. The number of methoxy groups -OCH3 is 1. The van der Waals surface area contributed by atoms with Crippen molar-refractivity contribution in [3.05, 3.63) is 71.3 Å². The molecule has 0 bridgehead atoms. The Hall–Kier alpha value is -3.48. The summed E-state index contributed by atoms with van der Waals surface area (Å²) in [7, 11) is 1.28. The zero-order valence-corrected chi connectivity index (χ0v) is 15.5. The Morgan fingerprint density at radius 3 is 2.07 bits per heavy atom. The molecular weight excluding hydrogens is 360 g/mol. The molecule has 7 nitrogen and oxygen atoms in total. The summed E-state index contributed by atoms with van der Waals surface area (Å²) in [5.41, 5.74) is 1.47. The molecule has 0 spiro atoms. The number of imide groups is 1. The van der Waals surface area contributed by atoms with E-state index in [-0.39, 0.29) is 26.1 Å². The van der Waals surface area contributed by atoms with E-state index >= 15 is 0 Å². The number of fused-ring (bicyclic) bond motifs is 1. The van der Waals surface area contributed by atoms with E-state index in [9.17, 15) is 19.2 Å². The van der Waals surface area contributed by atoms with Crippen LogP contribution in [-0.4, -0.2) is 53.7 Å². The molecule has 2 aromatic rings. The van der Waals surface area contributed by atoms with Crippen molar-refractivity contribution >= 4 is 23.7 Å². The maximum Gasteiger partial charge on any atom is 0.307 e. The maximum atomic E-state index is 12.9. The van der Waals surface area contributed by atoms with Crippen molar-refractivity contribution < 1.29 is 23.9 Å². The molecule has 2 aromatic carbocycles. The first-order valence-electron chi connectivity index (χ1n) is 8.85. The van der Waals surface area contributed by atoms with Crippen LogP contribution >= 0.6 is 0 Å². The molecule has 3 rings (SSSR count). The number of amides is 3. The predicted octanol–water partition coefficient (Wildman–Crippen LogP) is 1.87. The second kappa shape index (κ2) is 8.47.